The van der Waals surface area contributed by atoms with Crippen molar-refractivity contribution in [3.63, 3.8) is 0 Å². The van der Waals surface area contributed by atoms with E-state index in [0.29, 0.717) is 11.6 Å². The molecule has 0 aliphatic carbocycles. The van der Waals surface area contributed by atoms with Crippen LogP contribution in [0.15, 0.2) is 40.6 Å². The van der Waals surface area contributed by atoms with E-state index in [4.69, 9.17) is 16.3 Å². The lowest BCUT2D eigenvalue weighted by molar-refractivity contribution is -0.135. The minimum absolute atomic E-state index is 0.0922. The molecule has 1 atom stereocenters. The van der Waals surface area contributed by atoms with Gasteiger partial charge in [0, 0.05) is 16.3 Å². The third-order valence-corrected chi connectivity index (χ3v) is 6.19. The lowest BCUT2D eigenvalue weighted by Gasteiger charge is -2.23. The van der Waals surface area contributed by atoms with Crippen LogP contribution >= 0.6 is 34.7 Å². The quantitative estimate of drug-likeness (QED) is 0.546. The van der Waals surface area contributed by atoms with Crippen LogP contribution in [0.2, 0.25) is 5.02 Å². The smallest absolute Gasteiger partial charge is 0.340 e. The number of ether oxygens (including phenoxy) is 1. The molecule has 4 nitrogen and oxygen atoms in total. The van der Waals surface area contributed by atoms with E-state index in [1.165, 1.54) is 16.6 Å². The number of rotatable bonds is 5. The fourth-order valence-electron chi connectivity index (χ4n) is 2.92. The summed E-state index contributed by atoms with van der Waals surface area (Å²) >= 11 is 9.24. The van der Waals surface area contributed by atoms with Crippen molar-refractivity contribution in [1.82, 2.24) is 4.90 Å². The van der Waals surface area contributed by atoms with E-state index in [9.17, 15) is 9.59 Å². The van der Waals surface area contributed by atoms with Crippen molar-refractivity contribution in [2.75, 3.05) is 19.4 Å². The zero-order chi connectivity index (χ0) is 17.8. The highest BCUT2D eigenvalue weighted by Gasteiger charge is 2.31. The van der Waals surface area contributed by atoms with Crippen LogP contribution in [0.5, 0.6) is 0 Å². The molecule has 3 rings (SSSR count). The molecule has 1 fully saturated rings. The second-order valence-electron chi connectivity index (χ2n) is 5.68. The minimum Gasteiger partial charge on any atom is -0.452 e. The van der Waals surface area contributed by atoms with Crippen LogP contribution in [-0.2, 0) is 9.53 Å². The summed E-state index contributed by atoms with van der Waals surface area (Å²) < 4.78 is 5.23. The van der Waals surface area contributed by atoms with Crippen LogP contribution in [0.25, 0.3) is 0 Å². The Morgan fingerprint density at radius 1 is 1.40 bits per heavy atom. The topological polar surface area (TPSA) is 46.6 Å². The number of carbonyl (C=O) groups is 2. The van der Waals surface area contributed by atoms with Gasteiger partial charge in [0.2, 0.25) is 0 Å². The maximum atomic E-state index is 12.5. The van der Waals surface area contributed by atoms with Gasteiger partial charge in [-0.2, -0.15) is 0 Å². The molecule has 0 saturated carbocycles. The standard InChI is InChI=1S/C18H18ClNO3S2/c1-24-12-6-7-14(19)13(10-12)18(22)23-11-17(21)20-8-2-4-15(20)16-5-3-9-25-16/h3,5-7,9-10,15H,2,4,8,11H2,1H3. The highest BCUT2D eigenvalue weighted by Crippen LogP contribution is 2.34. The van der Waals surface area contributed by atoms with Gasteiger partial charge in [0.1, 0.15) is 0 Å². The first kappa shape index (κ1) is 18.3. The zero-order valence-electron chi connectivity index (χ0n) is 13.7. The highest BCUT2D eigenvalue weighted by atomic mass is 35.5. The molecular formula is C18H18ClNO3S2. The predicted octanol–water partition coefficient (Wildman–Crippen LogP) is 4.64. The van der Waals surface area contributed by atoms with Crippen LogP contribution in [0.3, 0.4) is 0 Å². The fraction of sp³-hybridized carbons (Fsp3) is 0.333. The summed E-state index contributed by atoms with van der Waals surface area (Å²) in [4.78, 5) is 28.7. The molecule has 1 aliphatic rings. The van der Waals surface area contributed by atoms with Crippen LogP contribution < -0.4 is 0 Å². The maximum Gasteiger partial charge on any atom is 0.340 e. The van der Waals surface area contributed by atoms with Crippen molar-refractivity contribution in [1.29, 1.82) is 0 Å². The Bertz CT molecular complexity index is 764. The molecule has 2 aromatic rings. The van der Waals surface area contributed by atoms with Gasteiger partial charge < -0.3 is 9.64 Å². The molecule has 1 saturated heterocycles. The van der Waals surface area contributed by atoms with Crippen LogP contribution in [0.1, 0.15) is 34.1 Å². The Balaban J connectivity index is 1.63. The zero-order valence-corrected chi connectivity index (χ0v) is 16.1. The van der Waals surface area contributed by atoms with Crippen molar-refractivity contribution < 1.29 is 14.3 Å². The molecule has 132 valence electrons. The fourth-order valence-corrected chi connectivity index (χ4v) is 4.43. The normalized spacial score (nSPS) is 16.9. The summed E-state index contributed by atoms with van der Waals surface area (Å²) in [6.07, 6.45) is 3.83. The number of thiophene rings is 1. The molecule has 1 aromatic carbocycles. The molecule has 25 heavy (non-hydrogen) atoms. The van der Waals surface area contributed by atoms with Gasteiger partial charge in [0.05, 0.1) is 16.6 Å². The van der Waals surface area contributed by atoms with E-state index in [0.717, 1.165) is 17.7 Å². The van der Waals surface area contributed by atoms with Gasteiger partial charge in [0.25, 0.3) is 5.91 Å². The number of likely N-dealkylation sites (tertiary alicyclic amines) is 1. The van der Waals surface area contributed by atoms with Crippen molar-refractivity contribution in [2.24, 2.45) is 0 Å². The number of thioether (sulfide) groups is 1. The van der Waals surface area contributed by atoms with Gasteiger partial charge in [-0.05, 0) is 48.7 Å². The second kappa shape index (κ2) is 8.25. The average molecular weight is 396 g/mol. The summed E-state index contributed by atoms with van der Waals surface area (Å²) in [7, 11) is 0. The Hall–Kier alpha value is -1.50. The van der Waals surface area contributed by atoms with E-state index in [1.54, 1.807) is 28.4 Å². The van der Waals surface area contributed by atoms with Crippen LogP contribution in [0, 0.1) is 0 Å². The van der Waals surface area contributed by atoms with Gasteiger partial charge in [-0.15, -0.1) is 23.1 Å². The molecular weight excluding hydrogens is 378 g/mol. The summed E-state index contributed by atoms with van der Waals surface area (Å²) in [6, 6.07) is 9.31. The third kappa shape index (κ3) is 4.19. The largest absolute Gasteiger partial charge is 0.452 e. The number of hydrogen-bond acceptors (Lipinski definition) is 5. The summed E-state index contributed by atoms with van der Waals surface area (Å²) in [6.45, 7) is 0.433. The molecule has 0 bridgehead atoms. The number of nitrogens with zero attached hydrogens (tertiary/aromatic N) is 1. The van der Waals surface area contributed by atoms with Crippen molar-refractivity contribution in [3.05, 3.63) is 51.2 Å². The van der Waals surface area contributed by atoms with E-state index in [1.807, 2.05) is 29.8 Å². The number of esters is 1. The summed E-state index contributed by atoms with van der Waals surface area (Å²) in [5.74, 6) is -0.734. The SMILES string of the molecule is CSc1ccc(Cl)c(C(=O)OCC(=O)N2CCCC2c2cccs2)c1. The number of halogens is 1. The number of benzene rings is 1. The Kier molecular flexibility index (Phi) is 6.04. The number of hydrogen-bond donors (Lipinski definition) is 0. The van der Waals surface area contributed by atoms with Gasteiger partial charge in [0.15, 0.2) is 6.61 Å². The van der Waals surface area contributed by atoms with Gasteiger partial charge >= 0.3 is 5.97 Å². The molecule has 7 heteroatoms. The number of carbonyl (C=O) groups excluding carboxylic acids is 2. The van der Waals surface area contributed by atoms with Gasteiger partial charge in [-0.1, -0.05) is 17.7 Å². The van der Waals surface area contributed by atoms with Crippen LogP contribution in [0.4, 0.5) is 0 Å². The van der Waals surface area contributed by atoms with E-state index in [-0.39, 0.29) is 24.1 Å². The second-order valence-corrected chi connectivity index (χ2v) is 7.95. The maximum absolute atomic E-state index is 12.5. The molecule has 1 amide bonds. The molecule has 1 unspecified atom stereocenters. The summed E-state index contributed by atoms with van der Waals surface area (Å²) in [5.41, 5.74) is 0.289. The molecule has 0 spiro atoms. The molecule has 1 aromatic heterocycles. The summed E-state index contributed by atoms with van der Waals surface area (Å²) in [5, 5.41) is 2.34. The third-order valence-electron chi connectivity index (χ3n) is 4.16. The van der Waals surface area contributed by atoms with E-state index in [2.05, 4.69) is 0 Å². The van der Waals surface area contributed by atoms with E-state index < -0.39 is 5.97 Å². The minimum atomic E-state index is -0.568. The van der Waals surface area contributed by atoms with E-state index >= 15 is 0 Å². The lowest BCUT2D eigenvalue weighted by Crippen LogP contribution is -2.34. The lowest BCUT2D eigenvalue weighted by atomic mass is 10.2. The average Bonchev–Trinajstić information content (AvgIpc) is 3.30. The molecule has 0 radical (unpaired) electrons. The Morgan fingerprint density at radius 2 is 2.24 bits per heavy atom. The van der Waals surface area contributed by atoms with Gasteiger partial charge in [-0.25, -0.2) is 4.79 Å². The van der Waals surface area contributed by atoms with Crippen molar-refractivity contribution in [3.8, 4) is 0 Å². The molecule has 1 aliphatic heterocycles. The highest BCUT2D eigenvalue weighted by molar-refractivity contribution is 7.98. The van der Waals surface area contributed by atoms with Crippen LogP contribution in [-0.4, -0.2) is 36.2 Å². The Morgan fingerprint density at radius 3 is 2.96 bits per heavy atom. The first-order valence-electron chi connectivity index (χ1n) is 7.93. The first-order valence-corrected chi connectivity index (χ1v) is 10.4. The first-order chi connectivity index (χ1) is 12.1. The number of amides is 1. The van der Waals surface area contributed by atoms with Gasteiger partial charge in [-0.3, -0.25) is 4.79 Å². The monoisotopic (exact) mass is 395 g/mol. The predicted molar refractivity (Wildman–Crippen MR) is 102 cm³/mol. The van der Waals surface area contributed by atoms with Crippen molar-refractivity contribution >= 4 is 46.6 Å². The molecule has 0 N–H and O–H groups in total. The van der Waals surface area contributed by atoms with Crippen molar-refractivity contribution in [2.45, 2.75) is 23.8 Å². The molecule has 2 heterocycles. The Labute approximate surface area is 160 Å².